The maximum Gasteiger partial charge on any atom is 0.272 e. The van der Waals surface area contributed by atoms with Crippen LogP contribution in [0.15, 0.2) is 30.3 Å². The van der Waals surface area contributed by atoms with E-state index in [1.165, 1.54) is 56.2 Å². The molecule has 4 nitrogen and oxygen atoms in total. The van der Waals surface area contributed by atoms with Gasteiger partial charge in [0.25, 0.3) is 5.91 Å². The maximum atomic E-state index is 13.2. The lowest BCUT2D eigenvalue weighted by molar-refractivity contribution is 0.0928. The molecule has 144 valence electrons. The number of nitrogens with zero attached hydrogens (tertiary/aromatic N) is 2. The summed E-state index contributed by atoms with van der Waals surface area (Å²) in [4.78, 5) is 13.2. The van der Waals surface area contributed by atoms with E-state index in [-0.39, 0.29) is 11.9 Å². The maximum absolute atomic E-state index is 13.2. The van der Waals surface area contributed by atoms with Gasteiger partial charge in [-0.3, -0.25) is 9.48 Å². The van der Waals surface area contributed by atoms with Gasteiger partial charge in [0.15, 0.2) is 5.69 Å². The van der Waals surface area contributed by atoms with Gasteiger partial charge in [-0.05, 0) is 50.5 Å². The molecule has 1 amide bonds. The highest BCUT2D eigenvalue weighted by Gasteiger charge is 2.29. The Morgan fingerprint density at radius 1 is 1.11 bits per heavy atom. The number of hydrogen-bond acceptors (Lipinski definition) is 2. The highest BCUT2D eigenvalue weighted by atomic mass is 16.2. The minimum absolute atomic E-state index is 0.00147. The molecule has 27 heavy (non-hydrogen) atoms. The zero-order valence-corrected chi connectivity index (χ0v) is 16.4. The number of benzene rings is 1. The highest BCUT2D eigenvalue weighted by Crippen LogP contribution is 2.33. The fraction of sp³-hybridized carbons (Fsp3) is 0.565. The average Bonchev–Trinajstić information content (AvgIpc) is 3.13. The van der Waals surface area contributed by atoms with Crippen LogP contribution in [-0.4, -0.2) is 15.7 Å². The third-order valence-corrected chi connectivity index (χ3v) is 6.26. The number of nitrogens with one attached hydrogen (secondary N) is 1. The van der Waals surface area contributed by atoms with Crippen LogP contribution in [0.25, 0.3) is 0 Å². The topological polar surface area (TPSA) is 46.9 Å². The van der Waals surface area contributed by atoms with Gasteiger partial charge in [0.05, 0.1) is 12.1 Å². The van der Waals surface area contributed by atoms with Gasteiger partial charge in [-0.1, -0.05) is 56.5 Å². The van der Waals surface area contributed by atoms with Crippen LogP contribution in [-0.2, 0) is 12.8 Å². The molecule has 0 unspecified atom stereocenters. The van der Waals surface area contributed by atoms with Crippen LogP contribution in [0.4, 0.5) is 0 Å². The Hall–Kier alpha value is -2.10. The molecule has 0 spiro atoms. The summed E-state index contributed by atoms with van der Waals surface area (Å²) in [5.41, 5.74) is 4.40. The monoisotopic (exact) mass is 365 g/mol. The summed E-state index contributed by atoms with van der Waals surface area (Å²) in [6, 6.07) is 10.8. The second-order valence-electron chi connectivity index (χ2n) is 8.06. The Balaban J connectivity index is 1.60. The predicted molar refractivity (Wildman–Crippen MR) is 108 cm³/mol. The summed E-state index contributed by atoms with van der Waals surface area (Å²) in [6.07, 6.45) is 11.6. The van der Waals surface area contributed by atoms with E-state index in [2.05, 4.69) is 29.1 Å². The molecule has 1 aromatic heterocycles. The van der Waals surface area contributed by atoms with Crippen LogP contribution >= 0.6 is 0 Å². The van der Waals surface area contributed by atoms with Crippen molar-refractivity contribution in [3.63, 3.8) is 0 Å². The SMILES string of the molecule is CC[C@@H](NC(=O)c1nn(C2CCCCC2)c2c1CCCC2)c1ccccc1. The predicted octanol–water partition coefficient (Wildman–Crippen LogP) is 5.15. The van der Waals surface area contributed by atoms with Gasteiger partial charge in [0.2, 0.25) is 0 Å². The molecule has 1 N–H and O–H groups in total. The first-order valence-electron chi connectivity index (χ1n) is 10.7. The van der Waals surface area contributed by atoms with Crippen molar-refractivity contribution >= 4 is 5.91 Å². The summed E-state index contributed by atoms with van der Waals surface area (Å²) in [5.74, 6) is -0.00147. The van der Waals surface area contributed by atoms with E-state index in [1.807, 2.05) is 18.2 Å². The fourth-order valence-corrected chi connectivity index (χ4v) is 4.77. The Bertz CT molecular complexity index is 774. The third kappa shape index (κ3) is 3.80. The second kappa shape index (κ2) is 8.28. The van der Waals surface area contributed by atoms with Crippen molar-refractivity contribution in [2.75, 3.05) is 0 Å². The van der Waals surface area contributed by atoms with Gasteiger partial charge in [0.1, 0.15) is 0 Å². The van der Waals surface area contributed by atoms with Gasteiger partial charge in [-0.15, -0.1) is 0 Å². The van der Waals surface area contributed by atoms with Crippen LogP contribution in [0.5, 0.6) is 0 Å². The molecule has 0 radical (unpaired) electrons. The minimum atomic E-state index is -0.00147. The Morgan fingerprint density at radius 2 is 1.85 bits per heavy atom. The number of amides is 1. The fourth-order valence-electron chi connectivity index (χ4n) is 4.77. The molecule has 1 saturated carbocycles. The average molecular weight is 366 g/mol. The smallest absolute Gasteiger partial charge is 0.272 e. The van der Waals surface area contributed by atoms with E-state index in [0.717, 1.165) is 24.8 Å². The van der Waals surface area contributed by atoms with Crippen molar-refractivity contribution in [1.29, 1.82) is 0 Å². The van der Waals surface area contributed by atoms with Gasteiger partial charge in [0, 0.05) is 11.3 Å². The molecule has 1 atom stereocenters. The summed E-state index contributed by atoms with van der Waals surface area (Å²) < 4.78 is 2.24. The van der Waals surface area contributed by atoms with Crippen molar-refractivity contribution in [2.45, 2.75) is 83.2 Å². The standard InChI is InChI=1S/C23H31N3O/c1-2-20(17-11-5-3-6-12-17)24-23(27)22-19-15-9-10-16-21(19)26(25-22)18-13-7-4-8-14-18/h3,5-6,11-12,18,20H,2,4,7-10,13-16H2,1H3,(H,24,27)/t20-/m1/s1. The van der Waals surface area contributed by atoms with Gasteiger partial charge >= 0.3 is 0 Å². The molecule has 0 bridgehead atoms. The number of aromatic nitrogens is 2. The first-order chi connectivity index (χ1) is 13.3. The second-order valence-corrected chi connectivity index (χ2v) is 8.06. The van der Waals surface area contributed by atoms with Crippen molar-refractivity contribution < 1.29 is 4.79 Å². The first-order valence-corrected chi connectivity index (χ1v) is 10.7. The summed E-state index contributed by atoms with van der Waals surface area (Å²) >= 11 is 0. The van der Waals surface area contributed by atoms with E-state index < -0.39 is 0 Å². The molecule has 4 rings (SSSR count). The Labute approximate surface area is 162 Å². The lowest BCUT2D eigenvalue weighted by Gasteiger charge is -2.25. The van der Waals surface area contributed by atoms with Crippen LogP contribution in [0.3, 0.4) is 0 Å². The number of rotatable bonds is 5. The Kier molecular flexibility index (Phi) is 5.61. The molecule has 2 aliphatic rings. The van der Waals surface area contributed by atoms with Crippen LogP contribution in [0.1, 0.15) is 97.7 Å². The molecule has 2 aromatic rings. The summed E-state index contributed by atoms with van der Waals surface area (Å²) in [6.45, 7) is 2.12. The van der Waals surface area contributed by atoms with Gasteiger partial charge in [-0.25, -0.2) is 0 Å². The molecule has 0 aliphatic heterocycles. The summed E-state index contributed by atoms with van der Waals surface area (Å²) in [5, 5.41) is 8.15. The zero-order chi connectivity index (χ0) is 18.6. The largest absolute Gasteiger partial charge is 0.344 e. The summed E-state index contributed by atoms with van der Waals surface area (Å²) in [7, 11) is 0. The van der Waals surface area contributed by atoms with Gasteiger partial charge in [-0.2, -0.15) is 5.10 Å². The van der Waals surface area contributed by atoms with E-state index in [0.29, 0.717) is 11.7 Å². The molecule has 2 aliphatic carbocycles. The molecular weight excluding hydrogens is 334 g/mol. The lowest BCUT2D eigenvalue weighted by atomic mass is 9.92. The number of carbonyl (C=O) groups is 1. The minimum Gasteiger partial charge on any atom is -0.344 e. The van der Waals surface area contributed by atoms with Crippen LogP contribution < -0.4 is 5.32 Å². The van der Waals surface area contributed by atoms with Crippen LogP contribution in [0.2, 0.25) is 0 Å². The first kappa shape index (κ1) is 18.3. The lowest BCUT2D eigenvalue weighted by Crippen LogP contribution is -2.29. The highest BCUT2D eigenvalue weighted by molar-refractivity contribution is 5.94. The van der Waals surface area contributed by atoms with Crippen LogP contribution in [0, 0.1) is 0 Å². The molecular formula is C23H31N3O. The molecule has 1 fully saturated rings. The molecule has 1 heterocycles. The van der Waals surface area contributed by atoms with E-state index >= 15 is 0 Å². The zero-order valence-electron chi connectivity index (χ0n) is 16.4. The number of fused-ring (bicyclic) bond motifs is 1. The number of hydrogen-bond donors (Lipinski definition) is 1. The van der Waals surface area contributed by atoms with Crippen molar-refractivity contribution in [3.8, 4) is 0 Å². The van der Waals surface area contributed by atoms with Crippen molar-refractivity contribution in [2.24, 2.45) is 0 Å². The third-order valence-electron chi connectivity index (χ3n) is 6.26. The molecule has 1 aromatic carbocycles. The van der Waals surface area contributed by atoms with E-state index in [1.54, 1.807) is 0 Å². The Morgan fingerprint density at radius 3 is 2.59 bits per heavy atom. The van der Waals surface area contributed by atoms with Crippen molar-refractivity contribution in [1.82, 2.24) is 15.1 Å². The molecule has 0 saturated heterocycles. The van der Waals surface area contributed by atoms with E-state index in [9.17, 15) is 4.79 Å². The quantitative estimate of drug-likeness (QED) is 0.796. The normalized spacial score (nSPS) is 18.7. The number of carbonyl (C=O) groups excluding carboxylic acids is 1. The van der Waals surface area contributed by atoms with Gasteiger partial charge < -0.3 is 5.32 Å². The van der Waals surface area contributed by atoms with Crippen molar-refractivity contribution in [3.05, 3.63) is 52.8 Å². The van der Waals surface area contributed by atoms with E-state index in [4.69, 9.17) is 5.10 Å². The molecule has 4 heteroatoms.